The average molecular weight is 357 g/mol. The van der Waals surface area contributed by atoms with Crippen LogP contribution in [0.1, 0.15) is 26.8 Å². The van der Waals surface area contributed by atoms with Gasteiger partial charge in [-0.3, -0.25) is 4.79 Å². The molecule has 3 rings (SSSR count). The highest BCUT2D eigenvalue weighted by Gasteiger charge is 2.19. The van der Waals surface area contributed by atoms with E-state index in [2.05, 4.69) is 15.3 Å². The van der Waals surface area contributed by atoms with Gasteiger partial charge in [-0.05, 0) is 38.5 Å². The minimum absolute atomic E-state index is 0.176. The fraction of sp³-hybridized carbons (Fsp3) is 0.278. The zero-order chi connectivity index (χ0) is 18.1. The van der Waals surface area contributed by atoms with Gasteiger partial charge >= 0.3 is 0 Å². The fourth-order valence-electron chi connectivity index (χ4n) is 2.79. The van der Waals surface area contributed by atoms with Crippen LogP contribution in [0.5, 0.6) is 11.5 Å². The summed E-state index contributed by atoms with van der Waals surface area (Å²) in [6.45, 7) is 5.71. The van der Waals surface area contributed by atoms with E-state index in [-0.39, 0.29) is 5.91 Å². The predicted octanol–water partition coefficient (Wildman–Crippen LogP) is 3.89. The molecule has 1 N–H and O–H groups in total. The highest BCUT2D eigenvalue weighted by Crippen LogP contribution is 2.33. The molecular weight excluding hydrogens is 338 g/mol. The van der Waals surface area contributed by atoms with Crippen LogP contribution in [0.2, 0.25) is 0 Å². The van der Waals surface area contributed by atoms with E-state index in [9.17, 15) is 4.79 Å². The van der Waals surface area contributed by atoms with Crippen LogP contribution < -0.4 is 14.8 Å². The van der Waals surface area contributed by atoms with Gasteiger partial charge in [0.2, 0.25) is 0 Å². The molecule has 0 radical (unpaired) electrons. The van der Waals surface area contributed by atoms with E-state index in [4.69, 9.17) is 9.47 Å². The molecule has 0 aliphatic rings. The summed E-state index contributed by atoms with van der Waals surface area (Å²) in [6, 6.07) is 5.26. The van der Waals surface area contributed by atoms with Crippen LogP contribution in [0.3, 0.4) is 0 Å². The molecule has 130 valence electrons. The highest BCUT2D eigenvalue weighted by atomic mass is 32.1. The Labute approximate surface area is 149 Å². The van der Waals surface area contributed by atoms with E-state index < -0.39 is 0 Å². The molecule has 7 heteroatoms. The first-order valence-electron chi connectivity index (χ1n) is 7.72. The molecule has 25 heavy (non-hydrogen) atoms. The molecule has 1 amide bonds. The standard InChI is InChI=1S/C18H19N3O3S/c1-9-15-10(2)19-11(3)20-18(15)25-16(9)17(22)21-12-6-7-13(23-4)14(8-12)24-5/h6-8H,1-5H3,(H,21,22). The molecule has 0 saturated heterocycles. The van der Waals surface area contributed by atoms with Crippen LogP contribution in [0, 0.1) is 20.8 Å². The lowest BCUT2D eigenvalue weighted by molar-refractivity contribution is 0.103. The molecular formula is C18H19N3O3S. The molecule has 0 saturated carbocycles. The zero-order valence-electron chi connectivity index (χ0n) is 14.8. The van der Waals surface area contributed by atoms with Gasteiger partial charge in [-0.1, -0.05) is 0 Å². The number of ether oxygens (including phenoxy) is 2. The smallest absolute Gasteiger partial charge is 0.266 e. The molecule has 0 atom stereocenters. The maximum absolute atomic E-state index is 12.7. The topological polar surface area (TPSA) is 73.3 Å². The van der Waals surface area contributed by atoms with Crippen molar-refractivity contribution in [1.29, 1.82) is 0 Å². The van der Waals surface area contributed by atoms with Crippen molar-refractivity contribution in [1.82, 2.24) is 9.97 Å². The van der Waals surface area contributed by atoms with Crippen molar-refractivity contribution in [2.45, 2.75) is 20.8 Å². The Morgan fingerprint density at radius 2 is 1.80 bits per heavy atom. The van der Waals surface area contributed by atoms with Gasteiger partial charge in [-0.2, -0.15) is 0 Å². The van der Waals surface area contributed by atoms with Gasteiger partial charge in [0.25, 0.3) is 5.91 Å². The third kappa shape index (κ3) is 3.15. The maximum Gasteiger partial charge on any atom is 0.266 e. The fourth-order valence-corrected chi connectivity index (χ4v) is 3.96. The van der Waals surface area contributed by atoms with Gasteiger partial charge in [0.1, 0.15) is 10.7 Å². The second kappa shape index (κ2) is 6.68. The summed E-state index contributed by atoms with van der Waals surface area (Å²) in [5, 5.41) is 3.86. The van der Waals surface area contributed by atoms with E-state index in [1.54, 1.807) is 32.4 Å². The van der Waals surface area contributed by atoms with Crippen molar-refractivity contribution < 1.29 is 14.3 Å². The lowest BCUT2D eigenvalue weighted by Crippen LogP contribution is -2.11. The summed E-state index contributed by atoms with van der Waals surface area (Å²) in [5.41, 5.74) is 2.43. The van der Waals surface area contributed by atoms with Gasteiger partial charge in [-0.25, -0.2) is 9.97 Å². The van der Waals surface area contributed by atoms with E-state index in [0.717, 1.165) is 21.5 Å². The van der Waals surface area contributed by atoms with E-state index in [0.29, 0.717) is 27.9 Å². The van der Waals surface area contributed by atoms with Crippen LogP contribution in [-0.2, 0) is 0 Å². The normalized spacial score (nSPS) is 10.8. The number of thiophene rings is 1. The minimum Gasteiger partial charge on any atom is -0.493 e. The molecule has 6 nitrogen and oxygen atoms in total. The molecule has 3 aromatic rings. The number of nitrogens with zero attached hydrogens (tertiary/aromatic N) is 2. The molecule has 0 spiro atoms. The number of hydrogen-bond donors (Lipinski definition) is 1. The number of methoxy groups -OCH3 is 2. The van der Waals surface area contributed by atoms with Crippen molar-refractivity contribution in [3.63, 3.8) is 0 Å². The minimum atomic E-state index is -0.176. The summed E-state index contributed by atoms with van der Waals surface area (Å²) in [7, 11) is 3.13. The molecule has 1 aromatic carbocycles. The molecule has 0 aliphatic heterocycles. The largest absolute Gasteiger partial charge is 0.493 e. The third-order valence-electron chi connectivity index (χ3n) is 3.93. The number of benzene rings is 1. The summed E-state index contributed by atoms with van der Waals surface area (Å²) in [6.07, 6.45) is 0. The number of nitrogens with one attached hydrogen (secondary N) is 1. The second-order valence-corrected chi connectivity index (χ2v) is 6.62. The van der Waals surface area contributed by atoms with Gasteiger partial charge < -0.3 is 14.8 Å². The number of amides is 1. The highest BCUT2D eigenvalue weighted by molar-refractivity contribution is 7.20. The first-order valence-corrected chi connectivity index (χ1v) is 8.54. The molecule has 0 aliphatic carbocycles. The number of fused-ring (bicyclic) bond motifs is 1. The summed E-state index contributed by atoms with van der Waals surface area (Å²) in [5.74, 6) is 1.70. The van der Waals surface area contributed by atoms with Gasteiger partial charge in [0, 0.05) is 22.8 Å². The molecule has 2 aromatic heterocycles. The van der Waals surface area contributed by atoms with E-state index in [1.165, 1.54) is 11.3 Å². The number of aryl methyl sites for hydroxylation is 3. The number of anilines is 1. The molecule has 0 unspecified atom stereocenters. The quantitative estimate of drug-likeness (QED) is 0.767. The van der Waals surface area contributed by atoms with Gasteiger partial charge in [0.15, 0.2) is 11.5 Å². The van der Waals surface area contributed by atoms with Crippen molar-refractivity contribution in [2.75, 3.05) is 19.5 Å². The molecule has 0 bridgehead atoms. The van der Waals surface area contributed by atoms with Crippen LogP contribution in [-0.4, -0.2) is 30.1 Å². The number of hydrogen-bond acceptors (Lipinski definition) is 6. The monoisotopic (exact) mass is 357 g/mol. The maximum atomic E-state index is 12.7. The Morgan fingerprint density at radius 1 is 1.08 bits per heavy atom. The predicted molar refractivity (Wildman–Crippen MR) is 99.1 cm³/mol. The van der Waals surface area contributed by atoms with Crippen molar-refractivity contribution in [2.24, 2.45) is 0 Å². The lowest BCUT2D eigenvalue weighted by Gasteiger charge is -2.10. The van der Waals surface area contributed by atoms with Gasteiger partial charge in [-0.15, -0.1) is 11.3 Å². The Hall–Kier alpha value is -2.67. The molecule has 0 fully saturated rings. The molecule has 2 heterocycles. The number of carbonyl (C=O) groups is 1. The number of rotatable bonds is 4. The third-order valence-corrected chi connectivity index (χ3v) is 5.11. The Kier molecular flexibility index (Phi) is 4.59. The number of aromatic nitrogens is 2. The van der Waals surface area contributed by atoms with Crippen molar-refractivity contribution in [3.8, 4) is 11.5 Å². The first-order chi connectivity index (χ1) is 11.9. The van der Waals surface area contributed by atoms with Crippen LogP contribution in [0.4, 0.5) is 5.69 Å². The van der Waals surface area contributed by atoms with Crippen LogP contribution in [0.25, 0.3) is 10.2 Å². The SMILES string of the molecule is COc1ccc(NC(=O)c2sc3nc(C)nc(C)c3c2C)cc1OC. The van der Waals surface area contributed by atoms with Crippen LogP contribution in [0.15, 0.2) is 18.2 Å². The van der Waals surface area contributed by atoms with Crippen molar-refractivity contribution >= 4 is 33.1 Å². The van der Waals surface area contributed by atoms with E-state index >= 15 is 0 Å². The zero-order valence-corrected chi connectivity index (χ0v) is 15.6. The van der Waals surface area contributed by atoms with Crippen molar-refractivity contribution in [3.05, 3.63) is 40.2 Å². The second-order valence-electron chi connectivity index (χ2n) is 5.62. The Morgan fingerprint density at radius 3 is 2.48 bits per heavy atom. The van der Waals surface area contributed by atoms with Crippen LogP contribution >= 0.6 is 11.3 Å². The Bertz CT molecular complexity index is 966. The average Bonchev–Trinajstić information content (AvgIpc) is 2.91. The summed E-state index contributed by atoms with van der Waals surface area (Å²) < 4.78 is 10.5. The van der Waals surface area contributed by atoms with E-state index in [1.807, 2.05) is 20.8 Å². The Balaban J connectivity index is 1.95. The summed E-state index contributed by atoms with van der Waals surface area (Å²) >= 11 is 1.38. The lowest BCUT2D eigenvalue weighted by atomic mass is 10.1. The summed E-state index contributed by atoms with van der Waals surface area (Å²) in [4.78, 5) is 23.0. The van der Waals surface area contributed by atoms with Gasteiger partial charge in [0.05, 0.1) is 19.1 Å². The number of carbonyl (C=O) groups excluding carboxylic acids is 1. The first kappa shape index (κ1) is 17.2.